The van der Waals surface area contributed by atoms with E-state index in [1.54, 1.807) is 36.4 Å². The number of halogens is 1. The van der Waals surface area contributed by atoms with Crippen LogP contribution in [0.15, 0.2) is 48.5 Å². The van der Waals surface area contributed by atoms with Gasteiger partial charge in [0.1, 0.15) is 24.5 Å². The van der Waals surface area contributed by atoms with Crippen molar-refractivity contribution in [2.45, 2.75) is 0 Å². The summed E-state index contributed by atoms with van der Waals surface area (Å²) >= 11 is 0. The first-order valence-corrected chi connectivity index (χ1v) is 6.41. The molecule has 0 aliphatic carbocycles. The molecule has 0 spiro atoms. The molecule has 2 rings (SSSR count). The Balaban J connectivity index is 1.77. The van der Waals surface area contributed by atoms with Gasteiger partial charge in [0.15, 0.2) is 0 Å². The van der Waals surface area contributed by atoms with Crippen LogP contribution in [0.5, 0.6) is 5.75 Å². The van der Waals surface area contributed by atoms with Crippen LogP contribution >= 0.6 is 0 Å². The Morgan fingerprint density at radius 3 is 2.62 bits per heavy atom. The summed E-state index contributed by atoms with van der Waals surface area (Å²) in [5.41, 5.74) is 0.979. The highest BCUT2D eigenvalue weighted by molar-refractivity contribution is 5.94. The topological polar surface area (TPSA) is 55.4 Å². The second-order valence-corrected chi connectivity index (χ2v) is 4.30. The summed E-state index contributed by atoms with van der Waals surface area (Å²) in [5, 5.41) is 2.68. The normalized spacial score (nSPS) is 9.95. The van der Waals surface area contributed by atoms with E-state index in [1.807, 2.05) is 0 Å². The van der Waals surface area contributed by atoms with E-state index in [0.717, 1.165) is 0 Å². The molecule has 0 atom stereocenters. The van der Waals surface area contributed by atoms with Gasteiger partial charge in [-0.05, 0) is 24.3 Å². The van der Waals surface area contributed by atoms with Gasteiger partial charge in [0, 0.05) is 17.2 Å². The average molecular weight is 287 g/mol. The molecule has 2 aromatic carbocycles. The van der Waals surface area contributed by atoms with Crippen LogP contribution < -0.4 is 10.1 Å². The molecule has 0 saturated carbocycles. The molecule has 0 unspecified atom stereocenters. The Labute approximate surface area is 121 Å². The number of carbonyl (C=O) groups is 2. The van der Waals surface area contributed by atoms with Gasteiger partial charge in [0.05, 0.1) is 6.54 Å². The molecule has 0 radical (unpaired) electrons. The van der Waals surface area contributed by atoms with Crippen molar-refractivity contribution in [3.8, 4) is 5.75 Å². The summed E-state index contributed by atoms with van der Waals surface area (Å²) in [6.07, 6.45) is 0.717. The molecule has 0 saturated heterocycles. The van der Waals surface area contributed by atoms with Crippen molar-refractivity contribution < 1.29 is 18.7 Å². The van der Waals surface area contributed by atoms with Gasteiger partial charge in [-0.3, -0.25) is 9.59 Å². The Kier molecular flexibility index (Phi) is 5.04. The number of carbonyl (C=O) groups excluding carboxylic acids is 2. The predicted molar refractivity (Wildman–Crippen MR) is 76.1 cm³/mol. The zero-order chi connectivity index (χ0) is 15.1. The lowest BCUT2D eigenvalue weighted by atomic mass is 10.1. The van der Waals surface area contributed by atoms with Crippen LogP contribution in [0.2, 0.25) is 0 Å². The number of aldehydes is 1. The van der Waals surface area contributed by atoms with E-state index in [1.165, 1.54) is 12.1 Å². The van der Waals surface area contributed by atoms with Crippen LogP contribution in [0, 0.1) is 5.82 Å². The van der Waals surface area contributed by atoms with Gasteiger partial charge in [0.25, 0.3) is 5.91 Å². The largest absolute Gasteiger partial charge is 0.492 e. The fourth-order valence-electron chi connectivity index (χ4n) is 1.71. The molecule has 0 aromatic heterocycles. The minimum absolute atomic E-state index is 0.238. The molecular formula is C16H14FNO3. The van der Waals surface area contributed by atoms with E-state index >= 15 is 0 Å². The van der Waals surface area contributed by atoms with Crippen molar-refractivity contribution in [3.63, 3.8) is 0 Å². The van der Waals surface area contributed by atoms with Crippen LogP contribution in [-0.2, 0) is 0 Å². The van der Waals surface area contributed by atoms with Crippen molar-refractivity contribution in [1.29, 1.82) is 0 Å². The fraction of sp³-hybridized carbons (Fsp3) is 0.125. The van der Waals surface area contributed by atoms with Gasteiger partial charge < -0.3 is 10.1 Å². The van der Waals surface area contributed by atoms with Gasteiger partial charge in [-0.1, -0.05) is 18.2 Å². The van der Waals surface area contributed by atoms with Gasteiger partial charge in [-0.15, -0.1) is 0 Å². The summed E-state index contributed by atoms with van der Waals surface area (Å²) < 4.78 is 18.2. The summed E-state index contributed by atoms with van der Waals surface area (Å²) in [6.45, 7) is 0.534. The minimum Gasteiger partial charge on any atom is -0.492 e. The van der Waals surface area contributed by atoms with E-state index in [2.05, 4.69) is 5.32 Å². The second-order valence-electron chi connectivity index (χ2n) is 4.30. The molecule has 1 N–H and O–H groups in total. The highest BCUT2D eigenvalue weighted by atomic mass is 19.1. The number of ether oxygens (including phenoxy) is 1. The number of benzene rings is 2. The minimum atomic E-state index is -0.369. The lowest BCUT2D eigenvalue weighted by molar-refractivity contribution is 0.0946. The molecule has 2 aromatic rings. The van der Waals surface area contributed by atoms with Crippen molar-refractivity contribution in [1.82, 2.24) is 5.32 Å². The lowest BCUT2D eigenvalue weighted by Crippen LogP contribution is -2.28. The summed E-state index contributed by atoms with van der Waals surface area (Å²) in [4.78, 5) is 22.3. The first-order valence-electron chi connectivity index (χ1n) is 6.41. The summed E-state index contributed by atoms with van der Waals surface area (Å²) in [5.74, 6) is -0.207. The van der Waals surface area contributed by atoms with Crippen molar-refractivity contribution >= 4 is 12.2 Å². The number of amides is 1. The molecule has 21 heavy (non-hydrogen) atoms. The van der Waals surface area contributed by atoms with Crippen molar-refractivity contribution in [2.24, 2.45) is 0 Å². The second kappa shape index (κ2) is 7.19. The molecule has 0 fully saturated rings. The van der Waals surface area contributed by atoms with Gasteiger partial charge in [-0.2, -0.15) is 0 Å². The number of hydrogen-bond donors (Lipinski definition) is 1. The Morgan fingerprint density at radius 1 is 1.19 bits per heavy atom. The average Bonchev–Trinajstić information content (AvgIpc) is 2.51. The third-order valence-electron chi connectivity index (χ3n) is 2.76. The third kappa shape index (κ3) is 4.42. The Hall–Kier alpha value is -2.69. The van der Waals surface area contributed by atoms with Crippen LogP contribution in [0.1, 0.15) is 20.7 Å². The number of rotatable bonds is 6. The summed E-state index contributed by atoms with van der Waals surface area (Å²) in [6, 6.07) is 12.1. The maximum absolute atomic E-state index is 12.9. The molecule has 0 aliphatic rings. The van der Waals surface area contributed by atoms with Gasteiger partial charge in [0.2, 0.25) is 0 Å². The SMILES string of the molecule is O=Cc1ccc(C(=O)NCCOc2cccc(F)c2)cc1. The lowest BCUT2D eigenvalue weighted by Gasteiger charge is -2.08. The maximum atomic E-state index is 12.9. The van der Waals surface area contributed by atoms with Crippen molar-refractivity contribution in [3.05, 3.63) is 65.5 Å². The molecule has 1 amide bonds. The zero-order valence-electron chi connectivity index (χ0n) is 11.2. The Morgan fingerprint density at radius 2 is 1.95 bits per heavy atom. The first kappa shape index (κ1) is 14.7. The molecule has 108 valence electrons. The number of nitrogens with one attached hydrogen (secondary N) is 1. The summed E-state index contributed by atoms with van der Waals surface area (Å²) in [7, 11) is 0. The van der Waals surface area contributed by atoms with Crippen LogP contribution in [-0.4, -0.2) is 25.3 Å². The fourth-order valence-corrected chi connectivity index (χ4v) is 1.71. The quantitative estimate of drug-likeness (QED) is 0.656. The van der Waals surface area contributed by atoms with Crippen molar-refractivity contribution in [2.75, 3.05) is 13.2 Å². The first-order chi connectivity index (χ1) is 10.2. The number of hydrogen-bond acceptors (Lipinski definition) is 3. The smallest absolute Gasteiger partial charge is 0.251 e. The molecule has 5 heteroatoms. The van der Waals surface area contributed by atoms with Crippen LogP contribution in [0.25, 0.3) is 0 Å². The predicted octanol–water partition coefficient (Wildman–Crippen LogP) is 2.45. The van der Waals surface area contributed by atoms with E-state index in [-0.39, 0.29) is 18.3 Å². The monoisotopic (exact) mass is 287 g/mol. The van der Waals surface area contributed by atoms with Gasteiger partial charge >= 0.3 is 0 Å². The van der Waals surface area contributed by atoms with Crippen LogP contribution in [0.3, 0.4) is 0 Å². The molecular weight excluding hydrogens is 273 g/mol. The highest BCUT2D eigenvalue weighted by Gasteiger charge is 2.04. The molecule has 4 nitrogen and oxygen atoms in total. The van der Waals surface area contributed by atoms with E-state index in [4.69, 9.17) is 4.74 Å². The van der Waals surface area contributed by atoms with E-state index in [9.17, 15) is 14.0 Å². The van der Waals surface area contributed by atoms with E-state index < -0.39 is 0 Å². The maximum Gasteiger partial charge on any atom is 0.251 e. The van der Waals surface area contributed by atoms with E-state index in [0.29, 0.717) is 29.7 Å². The zero-order valence-corrected chi connectivity index (χ0v) is 11.2. The molecule has 0 aliphatic heterocycles. The molecule has 0 heterocycles. The Bertz CT molecular complexity index is 626. The van der Waals surface area contributed by atoms with Crippen LogP contribution in [0.4, 0.5) is 4.39 Å². The third-order valence-corrected chi connectivity index (χ3v) is 2.76. The molecule has 0 bridgehead atoms. The highest BCUT2D eigenvalue weighted by Crippen LogP contribution is 2.11. The standard InChI is InChI=1S/C16H14FNO3/c17-14-2-1-3-15(10-14)21-9-8-18-16(20)13-6-4-12(11-19)5-7-13/h1-7,10-11H,8-9H2,(H,18,20). The van der Waals surface area contributed by atoms with Gasteiger partial charge in [-0.25, -0.2) is 4.39 Å².